The number of hydrogen-bond donors (Lipinski definition) is 1. The van der Waals surface area contributed by atoms with Gasteiger partial charge in [-0.2, -0.15) is 0 Å². The van der Waals surface area contributed by atoms with E-state index >= 15 is 0 Å². The van der Waals surface area contributed by atoms with E-state index in [1.165, 1.54) is 6.39 Å². The summed E-state index contributed by atoms with van der Waals surface area (Å²) in [4.78, 5) is 14.6. The van der Waals surface area contributed by atoms with E-state index in [0.29, 0.717) is 12.4 Å². The molecule has 5 heteroatoms. The van der Waals surface area contributed by atoms with Gasteiger partial charge in [0, 0.05) is 6.61 Å². The molecule has 0 saturated carbocycles. The smallest absolute Gasteiger partial charge is 0.271 e. The van der Waals surface area contributed by atoms with Crippen LogP contribution in [0.15, 0.2) is 10.8 Å². The van der Waals surface area contributed by atoms with Crippen molar-refractivity contribution < 1.29 is 13.9 Å². The van der Waals surface area contributed by atoms with Gasteiger partial charge in [-0.25, -0.2) is 4.98 Å². The lowest BCUT2D eigenvalue weighted by molar-refractivity contribution is 0.0882. The van der Waals surface area contributed by atoms with Crippen molar-refractivity contribution in [3.05, 3.63) is 17.8 Å². The topological polar surface area (TPSA) is 78.4 Å². The van der Waals surface area contributed by atoms with E-state index in [1.807, 2.05) is 0 Å². The molecule has 1 aromatic rings. The number of oxazole rings is 1. The van der Waals surface area contributed by atoms with Crippen molar-refractivity contribution in [3.63, 3.8) is 0 Å². The summed E-state index contributed by atoms with van der Waals surface area (Å²) in [6, 6.07) is 0. The number of carbonyl (C=O) groups is 1. The molecule has 1 saturated heterocycles. The molecule has 0 radical (unpaired) electrons. The summed E-state index contributed by atoms with van der Waals surface area (Å²) in [6.07, 6.45) is 2.90. The zero-order valence-electron chi connectivity index (χ0n) is 7.03. The number of hydrogen-bond acceptors (Lipinski definition) is 4. The first-order valence-corrected chi connectivity index (χ1v) is 4.14. The summed E-state index contributed by atoms with van der Waals surface area (Å²) in [6.45, 7) is 0.698. The number of ether oxygens (including phenoxy) is 1. The fraction of sp³-hybridized carbons (Fsp3) is 0.500. The zero-order chi connectivity index (χ0) is 9.26. The van der Waals surface area contributed by atoms with E-state index in [1.54, 1.807) is 0 Å². The van der Waals surface area contributed by atoms with E-state index in [0.717, 1.165) is 12.8 Å². The first-order valence-electron chi connectivity index (χ1n) is 4.14. The lowest BCUT2D eigenvalue weighted by Gasteiger charge is -2.05. The van der Waals surface area contributed by atoms with Gasteiger partial charge in [-0.3, -0.25) is 4.79 Å². The average molecular weight is 182 g/mol. The van der Waals surface area contributed by atoms with E-state index in [9.17, 15) is 4.79 Å². The van der Waals surface area contributed by atoms with Crippen LogP contribution < -0.4 is 5.73 Å². The zero-order valence-corrected chi connectivity index (χ0v) is 7.03. The molecule has 2 heterocycles. The second-order valence-electron chi connectivity index (χ2n) is 2.93. The second kappa shape index (κ2) is 3.18. The Morgan fingerprint density at radius 1 is 1.69 bits per heavy atom. The maximum atomic E-state index is 10.9. The van der Waals surface area contributed by atoms with Crippen molar-refractivity contribution in [2.45, 2.75) is 18.9 Å². The number of rotatable bonds is 2. The first-order chi connectivity index (χ1) is 6.29. The van der Waals surface area contributed by atoms with E-state index in [4.69, 9.17) is 14.9 Å². The highest BCUT2D eigenvalue weighted by atomic mass is 16.5. The summed E-state index contributed by atoms with van der Waals surface area (Å²) in [7, 11) is 0. The van der Waals surface area contributed by atoms with Crippen LogP contribution in [0.2, 0.25) is 0 Å². The predicted molar refractivity (Wildman–Crippen MR) is 42.9 cm³/mol. The number of primary amides is 1. The number of aromatic nitrogens is 1. The minimum Gasteiger partial charge on any atom is -0.445 e. The maximum absolute atomic E-state index is 10.9. The first kappa shape index (κ1) is 8.25. The number of nitrogens with two attached hydrogens (primary N) is 1. The van der Waals surface area contributed by atoms with Gasteiger partial charge in [0.15, 0.2) is 17.8 Å². The van der Waals surface area contributed by atoms with Crippen LogP contribution in [0.4, 0.5) is 0 Å². The number of amides is 1. The van der Waals surface area contributed by atoms with Gasteiger partial charge in [-0.15, -0.1) is 0 Å². The molecule has 1 aliphatic heterocycles. The molecule has 0 aliphatic carbocycles. The maximum Gasteiger partial charge on any atom is 0.271 e. The van der Waals surface area contributed by atoms with Crippen LogP contribution in [0.25, 0.3) is 0 Å². The van der Waals surface area contributed by atoms with Gasteiger partial charge >= 0.3 is 0 Å². The molecule has 1 atom stereocenters. The highest BCUT2D eigenvalue weighted by Gasteiger charge is 2.26. The molecular formula is C8H10N2O3. The Labute approximate surface area is 74.9 Å². The third-order valence-corrected chi connectivity index (χ3v) is 2.05. The molecular weight excluding hydrogens is 172 g/mol. The minimum absolute atomic E-state index is 0.148. The fourth-order valence-electron chi connectivity index (χ4n) is 1.45. The van der Waals surface area contributed by atoms with Crippen molar-refractivity contribution >= 4 is 5.91 Å². The van der Waals surface area contributed by atoms with Crippen molar-refractivity contribution in [1.29, 1.82) is 0 Å². The molecule has 0 bridgehead atoms. The Bertz CT molecular complexity index is 315. The Morgan fingerprint density at radius 3 is 3.15 bits per heavy atom. The highest BCUT2D eigenvalue weighted by Crippen LogP contribution is 2.30. The highest BCUT2D eigenvalue weighted by molar-refractivity contribution is 5.91. The average Bonchev–Trinajstić information content (AvgIpc) is 2.74. The normalized spacial score (nSPS) is 22.0. The third-order valence-electron chi connectivity index (χ3n) is 2.05. The molecule has 1 aliphatic rings. The molecule has 0 spiro atoms. The summed E-state index contributed by atoms with van der Waals surface area (Å²) >= 11 is 0. The van der Waals surface area contributed by atoms with Crippen LogP contribution in [-0.4, -0.2) is 17.5 Å². The van der Waals surface area contributed by atoms with Gasteiger partial charge in [0.2, 0.25) is 0 Å². The largest absolute Gasteiger partial charge is 0.445 e. The second-order valence-corrected chi connectivity index (χ2v) is 2.93. The Morgan fingerprint density at radius 2 is 2.54 bits per heavy atom. The molecule has 1 fully saturated rings. The number of nitrogens with zero attached hydrogens (tertiary/aromatic N) is 1. The van der Waals surface area contributed by atoms with Crippen LogP contribution in [-0.2, 0) is 4.74 Å². The van der Waals surface area contributed by atoms with Crippen LogP contribution >= 0.6 is 0 Å². The summed E-state index contributed by atoms with van der Waals surface area (Å²) < 4.78 is 10.4. The number of carbonyl (C=O) groups excluding carboxylic acids is 1. The molecule has 70 valence electrons. The molecule has 5 nitrogen and oxygen atoms in total. The van der Waals surface area contributed by atoms with Gasteiger partial charge in [0.1, 0.15) is 6.10 Å². The van der Waals surface area contributed by atoms with Gasteiger partial charge in [-0.05, 0) is 12.8 Å². The van der Waals surface area contributed by atoms with Crippen LogP contribution in [0.3, 0.4) is 0 Å². The summed E-state index contributed by atoms with van der Waals surface area (Å²) in [5.41, 5.74) is 5.30. The van der Waals surface area contributed by atoms with Crippen LogP contribution in [0.1, 0.15) is 35.2 Å². The molecule has 2 rings (SSSR count). The molecule has 2 N–H and O–H groups in total. The summed E-state index contributed by atoms with van der Waals surface area (Å²) in [5.74, 6) is -0.107. The van der Waals surface area contributed by atoms with E-state index < -0.39 is 5.91 Å². The van der Waals surface area contributed by atoms with Crippen LogP contribution in [0.5, 0.6) is 0 Å². The van der Waals surface area contributed by atoms with Gasteiger partial charge in [0.25, 0.3) is 5.91 Å². The van der Waals surface area contributed by atoms with Crippen molar-refractivity contribution in [2.75, 3.05) is 6.61 Å². The van der Waals surface area contributed by atoms with Crippen molar-refractivity contribution in [3.8, 4) is 0 Å². The minimum atomic E-state index is -0.570. The Kier molecular flexibility index (Phi) is 2.02. The predicted octanol–water partition coefficient (Wildman–Crippen LogP) is 0.625. The fourth-order valence-corrected chi connectivity index (χ4v) is 1.45. The SMILES string of the molecule is NC(=O)c1ncoc1C1CCCO1. The quantitative estimate of drug-likeness (QED) is 0.727. The van der Waals surface area contributed by atoms with Gasteiger partial charge < -0.3 is 14.9 Å². The van der Waals surface area contributed by atoms with E-state index in [-0.39, 0.29) is 11.8 Å². The standard InChI is InChI=1S/C8H10N2O3/c9-8(11)6-7(13-4-10-6)5-2-1-3-12-5/h4-5H,1-3H2,(H2,9,11). The van der Waals surface area contributed by atoms with Gasteiger partial charge in [0.05, 0.1) is 0 Å². The monoisotopic (exact) mass is 182 g/mol. The van der Waals surface area contributed by atoms with Crippen molar-refractivity contribution in [1.82, 2.24) is 4.98 Å². The molecule has 0 aromatic carbocycles. The van der Waals surface area contributed by atoms with E-state index in [2.05, 4.69) is 4.98 Å². The molecule has 13 heavy (non-hydrogen) atoms. The Hall–Kier alpha value is -1.36. The van der Waals surface area contributed by atoms with Crippen LogP contribution in [0, 0.1) is 0 Å². The van der Waals surface area contributed by atoms with Gasteiger partial charge in [-0.1, -0.05) is 0 Å². The lowest BCUT2D eigenvalue weighted by atomic mass is 10.1. The third kappa shape index (κ3) is 1.42. The Balaban J connectivity index is 2.28. The summed E-state index contributed by atoms with van der Waals surface area (Å²) in [5, 5.41) is 0. The molecule has 1 aromatic heterocycles. The molecule has 1 amide bonds. The lowest BCUT2D eigenvalue weighted by Crippen LogP contribution is -2.14. The van der Waals surface area contributed by atoms with Crippen molar-refractivity contribution in [2.24, 2.45) is 5.73 Å². The molecule has 1 unspecified atom stereocenters.